The monoisotopic (exact) mass is 344 g/mol. The molecule has 1 unspecified atom stereocenters. The lowest BCUT2D eigenvalue weighted by Gasteiger charge is -2.03. The van der Waals surface area contributed by atoms with Gasteiger partial charge in [0.1, 0.15) is 11.1 Å². The molecule has 1 nitrogen and oxygen atoms in total. The number of thiophene rings is 1. The minimum absolute atomic E-state index is 0.410. The number of hydrogen-bond donors (Lipinski definition) is 0. The first-order valence-corrected chi connectivity index (χ1v) is 6.72. The molecule has 0 saturated carbocycles. The van der Waals surface area contributed by atoms with Crippen molar-refractivity contribution >= 4 is 62.1 Å². The minimum Gasteiger partial charge on any atom is -0.452 e. The van der Waals surface area contributed by atoms with Gasteiger partial charge in [0.2, 0.25) is 0 Å². The largest absolute Gasteiger partial charge is 0.452 e. The fraction of sp³-hybridized carbons (Fsp3) is 0.111. The minimum atomic E-state index is -0.410. The molecule has 0 saturated heterocycles. The van der Waals surface area contributed by atoms with Crippen LogP contribution >= 0.6 is 62.1 Å². The number of alkyl halides is 1. The van der Waals surface area contributed by atoms with Crippen LogP contribution in [0.2, 0.25) is 8.67 Å². The summed E-state index contributed by atoms with van der Waals surface area (Å²) < 4.78 is 7.20. The van der Waals surface area contributed by atoms with Gasteiger partial charge in [-0.1, -0.05) is 23.2 Å². The zero-order valence-corrected chi connectivity index (χ0v) is 11.8. The van der Waals surface area contributed by atoms with Gasteiger partial charge in [0.15, 0.2) is 4.67 Å². The Morgan fingerprint density at radius 1 is 1.33 bits per heavy atom. The van der Waals surface area contributed by atoms with Crippen LogP contribution in [-0.4, -0.2) is 0 Å². The maximum Gasteiger partial charge on any atom is 0.169 e. The molecule has 0 aliphatic rings. The first-order chi connectivity index (χ1) is 7.08. The van der Waals surface area contributed by atoms with Gasteiger partial charge in [-0.05, 0) is 34.1 Å². The summed E-state index contributed by atoms with van der Waals surface area (Å²) in [6.07, 6.45) is 0. The molecular formula is C9H4BrCl3OS. The first kappa shape index (κ1) is 11.8. The van der Waals surface area contributed by atoms with Crippen molar-refractivity contribution in [3.63, 3.8) is 0 Å². The van der Waals surface area contributed by atoms with Crippen LogP contribution in [-0.2, 0) is 0 Å². The Hall–Kier alpha value is 0.330. The van der Waals surface area contributed by atoms with Crippen LogP contribution in [0.25, 0.3) is 0 Å². The fourth-order valence-corrected chi connectivity index (χ4v) is 3.40. The second kappa shape index (κ2) is 4.68. The molecule has 0 spiro atoms. The highest BCUT2D eigenvalue weighted by Gasteiger charge is 2.19. The average molecular weight is 346 g/mol. The third-order valence-corrected chi connectivity index (χ3v) is 4.19. The summed E-state index contributed by atoms with van der Waals surface area (Å²) in [5, 5.41) is -0.410. The highest BCUT2D eigenvalue weighted by molar-refractivity contribution is 9.10. The molecule has 0 fully saturated rings. The van der Waals surface area contributed by atoms with Crippen molar-refractivity contribution in [1.29, 1.82) is 0 Å². The Bertz CT molecular complexity index is 479. The van der Waals surface area contributed by atoms with E-state index in [2.05, 4.69) is 15.9 Å². The zero-order chi connectivity index (χ0) is 11.0. The molecule has 0 radical (unpaired) electrons. The normalized spacial score (nSPS) is 13.1. The highest BCUT2D eigenvalue weighted by Crippen LogP contribution is 2.41. The van der Waals surface area contributed by atoms with Crippen LogP contribution < -0.4 is 0 Å². The van der Waals surface area contributed by atoms with Crippen molar-refractivity contribution < 1.29 is 4.42 Å². The van der Waals surface area contributed by atoms with Gasteiger partial charge in [-0.2, -0.15) is 0 Å². The van der Waals surface area contributed by atoms with Gasteiger partial charge in [-0.3, -0.25) is 0 Å². The van der Waals surface area contributed by atoms with Gasteiger partial charge in [-0.25, -0.2) is 0 Å². The Morgan fingerprint density at radius 2 is 2.07 bits per heavy atom. The van der Waals surface area contributed by atoms with Crippen LogP contribution in [0.3, 0.4) is 0 Å². The van der Waals surface area contributed by atoms with Crippen LogP contribution in [0.4, 0.5) is 0 Å². The van der Waals surface area contributed by atoms with Crippen LogP contribution in [0, 0.1) is 0 Å². The third kappa shape index (κ3) is 2.53. The fourth-order valence-electron chi connectivity index (χ4n) is 1.14. The molecule has 15 heavy (non-hydrogen) atoms. The quantitative estimate of drug-likeness (QED) is 0.632. The summed E-state index contributed by atoms with van der Waals surface area (Å²) in [4.78, 5) is 0. The summed E-state index contributed by atoms with van der Waals surface area (Å²) in [7, 11) is 0. The zero-order valence-electron chi connectivity index (χ0n) is 7.14. The van der Waals surface area contributed by atoms with Crippen molar-refractivity contribution in [3.05, 3.63) is 42.9 Å². The average Bonchev–Trinajstić information content (AvgIpc) is 2.71. The summed E-state index contributed by atoms with van der Waals surface area (Å²) in [5.74, 6) is 0.639. The van der Waals surface area contributed by atoms with Crippen molar-refractivity contribution in [2.24, 2.45) is 0 Å². The standard InChI is InChI=1S/C9H4BrCl3OS/c10-6-2-1-5(14-6)8(12)4-3-7(11)15-9(4)13/h1-3,8H. The molecule has 0 N–H and O–H groups in total. The predicted octanol–water partition coefficient (Wildman–Crippen LogP) is 5.74. The number of hydrogen-bond acceptors (Lipinski definition) is 2. The SMILES string of the molecule is Clc1cc(C(Cl)c2ccc(Br)o2)c(Cl)s1. The van der Waals surface area contributed by atoms with E-state index in [9.17, 15) is 0 Å². The molecule has 2 aromatic heterocycles. The van der Waals surface area contributed by atoms with Crippen molar-refractivity contribution in [1.82, 2.24) is 0 Å². The lowest BCUT2D eigenvalue weighted by atomic mass is 10.2. The smallest absolute Gasteiger partial charge is 0.169 e. The van der Waals surface area contributed by atoms with Crippen molar-refractivity contribution in [3.8, 4) is 0 Å². The first-order valence-electron chi connectivity index (χ1n) is 3.92. The van der Waals surface area contributed by atoms with Gasteiger partial charge in [0.05, 0.1) is 8.67 Å². The van der Waals surface area contributed by atoms with E-state index in [0.717, 1.165) is 5.56 Å². The summed E-state index contributed by atoms with van der Waals surface area (Å²) in [6, 6.07) is 5.33. The topological polar surface area (TPSA) is 13.1 Å². The molecule has 0 aliphatic heterocycles. The van der Waals surface area contributed by atoms with Crippen molar-refractivity contribution in [2.75, 3.05) is 0 Å². The summed E-state index contributed by atoms with van der Waals surface area (Å²) >= 11 is 22.6. The predicted molar refractivity (Wildman–Crippen MR) is 68.4 cm³/mol. The second-order valence-corrected chi connectivity index (χ2v) is 6.29. The van der Waals surface area contributed by atoms with Crippen LogP contribution in [0.5, 0.6) is 0 Å². The molecule has 0 bridgehead atoms. The molecule has 2 aromatic rings. The molecule has 6 heteroatoms. The molecule has 0 aromatic carbocycles. The Morgan fingerprint density at radius 3 is 2.53 bits per heavy atom. The molecule has 0 aliphatic carbocycles. The van der Waals surface area contributed by atoms with E-state index in [1.807, 2.05) is 0 Å². The van der Waals surface area contributed by atoms with E-state index < -0.39 is 5.38 Å². The molecular weight excluding hydrogens is 342 g/mol. The number of furan rings is 1. The number of rotatable bonds is 2. The second-order valence-electron chi connectivity index (χ2n) is 2.78. The van der Waals surface area contributed by atoms with Gasteiger partial charge >= 0.3 is 0 Å². The van der Waals surface area contributed by atoms with Gasteiger partial charge in [0.25, 0.3) is 0 Å². The summed E-state index contributed by atoms with van der Waals surface area (Å²) in [6.45, 7) is 0. The lowest BCUT2D eigenvalue weighted by molar-refractivity contribution is 0.494. The van der Waals surface area contributed by atoms with Crippen LogP contribution in [0.15, 0.2) is 27.3 Å². The van der Waals surface area contributed by atoms with E-state index in [4.69, 9.17) is 39.2 Å². The maximum atomic E-state index is 6.21. The van der Waals surface area contributed by atoms with Gasteiger partial charge < -0.3 is 4.42 Å². The summed E-state index contributed by atoms with van der Waals surface area (Å²) in [5.41, 5.74) is 0.773. The number of halogens is 4. The third-order valence-electron chi connectivity index (χ3n) is 1.80. The van der Waals surface area contributed by atoms with Crippen LogP contribution in [0.1, 0.15) is 16.7 Å². The Labute approximate surface area is 114 Å². The molecule has 2 rings (SSSR count). The van der Waals surface area contributed by atoms with E-state index in [0.29, 0.717) is 19.1 Å². The Kier molecular flexibility index (Phi) is 3.68. The van der Waals surface area contributed by atoms with E-state index in [-0.39, 0.29) is 0 Å². The van der Waals surface area contributed by atoms with Crippen molar-refractivity contribution in [2.45, 2.75) is 5.38 Å². The van der Waals surface area contributed by atoms with E-state index in [1.54, 1.807) is 18.2 Å². The molecule has 0 amide bonds. The van der Waals surface area contributed by atoms with Gasteiger partial charge in [0, 0.05) is 5.56 Å². The molecule has 2 heterocycles. The Balaban J connectivity index is 2.35. The van der Waals surface area contributed by atoms with E-state index in [1.165, 1.54) is 11.3 Å². The maximum absolute atomic E-state index is 6.21. The highest BCUT2D eigenvalue weighted by atomic mass is 79.9. The molecule has 1 atom stereocenters. The van der Waals surface area contributed by atoms with E-state index >= 15 is 0 Å². The molecule has 80 valence electrons. The van der Waals surface area contributed by atoms with Gasteiger partial charge in [-0.15, -0.1) is 22.9 Å². The lowest BCUT2D eigenvalue weighted by Crippen LogP contribution is -1.88.